The molecule has 24 heavy (non-hydrogen) atoms. The molecule has 130 valence electrons. The van der Waals surface area contributed by atoms with E-state index in [9.17, 15) is 9.59 Å². The Balaban J connectivity index is 1.42. The molecule has 0 bridgehead atoms. The monoisotopic (exact) mass is 331 g/mol. The summed E-state index contributed by atoms with van der Waals surface area (Å²) < 4.78 is 0. The van der Waals surface area contributed by atoms with Crippen LogP contribution in [0.5, 0.6) is 0 Å². The largest absolute Gasteiger partial charge is 0.348 e. The van der Waals surface area contributed by atoms with E-state index >= 15 is 0 Å². The molecule has 2 aliphatic rings. The van der Waals surface area contributed by atoms with Crippen LogP contribution in [0.15, 0.2) is 18.6 Å². The zero-order valence-corrected chi connectivity index (χ0v) is 13.9. The molecular formula is C17H25N5O2. The Labute approximate surface area is 142 Å². The number of aromatic nitrogens is 2. The summed E-state index contributed by atoms with van der Waals surface area (Å²) in [5, 5.41) is 6.13. The van der Waals surface area contributed by atoms with Crippen molar-refractivity contribution in [3.8, 4) is 0 Å². The molecular weight excluding hydrogens is 306 g/mol. The van der Waals surface area contributed by atoms with Crippen molar-refractivity contribution in [2.75, 3.05) is 13.1 Å². The Bertz CT molecular complexity index is 551. The number of nitrogens with zero attached hydrogens (tertiary/aromatic N) is 3. The Morgan fingerprint density at radius 2 is 1.67 bits per heavy atom. The zero-order chi connectivity index (χ0) is 16.8. The third-order valence-electron chi connectivity index (χ3n) is 4.85. The second-order valence-corrected chi connectivity index (χ2v) is 6.61. The van der Waals surface area contributed by atoms with Crippen molar-refractivity contribution in [1.29, 1.82) is 0 Å². The standard InChI is InChI=1S/C17H25N5O2/c23-16(15-12-18-8-9-19-15)20-14-6-10-22(11-7-14)17(24)21-13-4-2-1-3-5-13/h8-9,12-14H,1-7,10-11H2,(H,20,23)(H,21,24). The van der Waals surface area contributed by atoms with Gasteiger partial charge in [0.1, 0.15) is 5.69 Å². The fraction of sp³-hybridized carbons (Fsp3) is 0.647. The lowest BCUT2D eigenvalue weighted by Gasteiger charge is -2.34. The van der Waals surface area contributed by atoms with Crippen LogP contribution in [-0.2, 0) is 0 Å². The van der Waals surface area contributed by atoms with Crippen LogP contribution < -0.4 is 10.6 Å². The van der Waals surface area contributed by atoms with Gasteiger partial charge < -0.3 is 15.5 Å². The molecule has 7 nitrogen and oxygen atoms in total. The van der Waals surface area contributed by atoms with Crippen molar-refractivity contribution in [2.45, 2.75) is 57.0 Å². The Morgan fingerprint density at radius 3 is 2.33 bits per heavy atom. The number of carbonyl (C=O) groups excluding carboxylic acids is 2. The summed E-state index contributed by atoms with van der Waals surface area (Å²) in [5.74, 6) is -0.201. The van der Waals surface area contributed by atoms with Crippen LogP contribution in [0.4, 0.5) is 4.79 Å². The average Bonchev–Trinajstić information content (AvgIpc) is 2.64. The first-order chi connectivity index (χ1) is 11.7. The van der Waals surface area contributed by atoms with Gasteiger partial charge in [-0.05, 0) is 25.7 Å². The first-order valence-corrected chi connectivity index (χ1v) is 8.84. The number of likely N-dealkylation sites (tertiary alicyclic amines) is 1. The Hall–Kier alpha value is -2.18. The van der Waals surface area contributed by atoms with Gasteiger partial charge in [0.2, 0.25) is 0 Å². The van der Waals surface area contributed by atoms with Gasteiger partial charge >= 0.3 is 6.03 Å². The Kier molecular flexibility index (Phi) is 5.61. The molecule has 1 saturated carbocycles. The van der Waals surface area contributed by atoms with Crippen LogP contribution in [0.2, 0.25) is 0 Å². The second-order valence-electron chi connectivity index (χ2n) is 6.61. The zero-order valence-electron chi connectivity index (χ0n) is 13.9. The van der Waals surface area contributed by atoms with Crippen molar-refractivity contribution in [3.05, 3.63) is 24.3 Å². The molecule has 3 amide bonds. The van der Waals surface area contributed by atoms with Crippen LogP contribution in [0.1, 0.15) is 55.4 Å². The minimum Gasteiger partial charge on any atom is -0.348 e. The average molecular weight is 331 g/mol. The van der Waals surface area contributed by atoms with E-state index in [-0.39, 0.29) is 18.0 Å². The van der Waals surface area contributed by atoms with Crippen LogP contribution >= 0.6 is 0 Å². The number of urea groups is 1. The van der Waals surface area contributed by atoms with Gasteiger partial charge in [-0.1, -0.05) is 19.3 Å². The SMILES string of the molecule is O=C(NC1CCN(C(=O)NC2CCCCC2)CC1)c1cnccn1. The maximum absolute atomic E-state index is 12.3. The second kappa shape index (κ2) is 8.08. The highest BCUT2D eigenvalue weighted by Gasteiger charge is 2.26. The number of hydrogen-bond acceptors (Lipinski definition) is 4. The van der Waals surface area contributed by atoms with Gasteiger partial charge in [0, 0.05) is 37.6 Å². The number of piperidine rings is 1. The van der Waals surface area contributed by atoms with Crippen LogP contribution in [-0.4, -0.2) is 52.0 Å². The van der Waals surface area contributed by atoms with E-state index in [1.54, 1.807) is 6.20 Å². The lowest BCUT2D eigenvalue weighted by molar-refractivity contribution is 0.0912. The molecule has 1 saturated heterocycles. The molecule has 2 fully saturated rings. The molecule has 0 radical (unpaired) electrons. The maximum Gasteiger partial charge on any atom is 0.317 e. The van der Waals surface area contributed by atoms with Gasteiger partial charge in [-0.3, -0.25) is 9.78 Å². The van der Waals surface area contributed by atoms with Crippen molar-refractivity contribution >= 4 is 11.9 Å². The van der Waals surface area contributed by atoms with E-state index in [0.29, 0.717) is 24.8 Å². The van der Waals surface area contributed by atoms with E-state index in [1.165, 1.54) is 31.7 Å². The van der Waals surface area contributed by atoms with Gasteiger partial charge in [0.15, 0.2) is 0 Å². The Morgan fingerprint density at radius 1 is 0.958 bits per heavy atom. The molecule has 0 spiro atoms. The summed E-state index contributed by atoms with van der Waals surface area (Å²) in [7, 11) is 0. The quantitative estimate of drug-likeness (QED) is 0.883. The van der Waals surface area contributed by atoms with Crippen molar-refractivity contribution in [2.24, 2.45) is 0 Å². The van der Waals surface area contributed by atoms with E-state index < -0.39 is 0 Å². The van der Waals surface area contributed by atoms with Crippen LogP contribution in [0.3, 0.4) is 0 Å². The van der Waals surface area contributed by atoms with Crippen molar-refractivity contribution < 1.29 is 9.59 Å². The molecule has 0 aromatic carbocycles. The molecule has 7 heteroatoms. The summed E-state index contributed by atoms with van der Waals surface area (Å²) in [6.07, 6.45) is 11.9. The summed E-state index contributed by atoms with van der Waals surface area (Å²) >= 11 is 0. The summed E-state index contributed by atoms with van der Waals surface area (Å²) in [4.78, 5) is 34.2. The van der Waals surface area contributed by atoms with Gasteiger partial charge in [0.25, 0.3) is 5.91 Å². The molecule has 1 aliphatic carbocycles. The lowest BCUT2D eigenvalue weighted by atomic mass is 9.95. The highest BCUT2D eigenvalue weighted by Crippen LogP contribution is 2.18. The third-order valence-corrected chi connectivity index (χ3v) is 4.85. The number of amides is 3. The topological polar surface area (TPSA) is 87.2 Å². The van der Waals surface area contributed by atoms with Gasteiger partial charge in [0.05, 0.1) is 6.20 Å². The molecule has 2 heterocycles. The molecule has 3 rings (SSSR count). The first kappa shape index (κ1) is 16.7. The van der Waals surface area contributed by atoms with E-state index in [2.05, 4.69) is 20.6 Å². The van der Waals surface area contributed by atoms with Crippen molar-refractivity contribution in [1.82, 2.24) is 25.5 Å². The summed E-state index contributed by atoms with van der Waals surface area (Å²) in [6.45, 7) is 1.34. The van der Waals surface area contributed by atoms with Crippen LogP contribution in [0, 0.1) is 0 Å². The molecule has 0 unspecified atom stereocenters. The highest BCUT2D eigenvalue weighted by molar-refractivity contribution is 5.92. The van der Waals surface area contributed by atoms with Gasteiger partial charge in [-0.15, -0.1) is 0 Å². The predicted molar refractivity (Wildman–Crippen MR) is 89.5 cm³/mol. The third kappa shape index (κ3) is 4.43. The van der Waals surface area contributed by atoms with E-state index in [4.69, 9.17) is 0 Å². The lowest BCUT2D eigenvalue weighted by Crippen LogP contribution is -2.51. The maximum atomic E-state index is 12.3. The van der Waals surface area contributed by atoms with Crippen molar-refractivity contribution in [3.63, 3.8) is 0 Å². The smallest absolute Gasteiger partial charge is 0.317 e. The fourth-order valence-electron chi connectivity index (χ4n) is 3.42. The molecule has 2 N–H and O–H groups in total. The predicted octanol–water partition coefficient (Wildman–Crippen LogP) is 1.71. The molecule has 1 aromatic rings. The minimum atomic E-state index is -0.201. The van der Waals surface area contributed by atoms with E-state index in [1.807, 2.05) is 4.90 Å². The first-order valence-electron chi connectivity index (χ1n) is 8.84. The number of carbonyl (C=O) groups is 2. The van der Waals surface area contributed by atoms with Gasteiger partial charge in [-0.2, -0.15) is 0 Å². The fourth-order valence-corrected chi connectivity index (χ4v) is 3.42. The van der Waals surface area contributed by atoms with Gasteiger partial charge in [-0.25, -0.2) is 9.78 Å². The highest BCUT2D eigenvalue weighted by atomic mass is 16.2. The number of rotatable bonds is 3. The normalized spacial score (nSPS) is 19.8. The summed E-state index contributed by atoms with van der Waals surface area (Å²) in [6, 6.07) is 0.458. The number of hydrogen-bond donors (Lipinski definition) is 2. The number of nitrogens with one attached hydrogen (secondary N) is 2. The molecule has 1 aromatic heterocycles. The van der Waals surface area contributed by atoms with Crippen LogP contribution in [0.25, 0.3) is 0 Å². The molecule has 0 atom stereocenters. The van der Waals surface area contributed by atoms with E-state index in [0.717, 1.165) is 25.7 Å². The minimum absolute atomic E-state index is 0.0422. The summed E-state index contributed by atoms with van der Waals surface area (Å²) in [5.41, 5.74) is 0.329. The molecule has 1 aliphatic heterocycles.